The lowest BCUT2D eigenvalue weighted by Crippen LogP contribution is -2.39. The van der Waals surface area contributed by atoms with Crippen LogP contribution < -0.4 is 14.8 Å². The number of nitrogens with zero attached hydrogens (tertiary/aromatic N) is 1. The molecular weight excluding hydrogens is 436 g/mol. The Balaban J connectivity index is 1.47. The Morgan fingerprint density at radius 1 is 0.886 bits per heavy atom. The van der Waals surface area contributed by atoms with Crippen molar-refractivity contribution < 1.29 is 14.3 Å². The van der Waals surface area contributed by atoms with Gasteiger partial charge in [0.2, 0.25) is 0 Å². The topological polar surface area (TPSA) is 50.8 Å². The van der Waals surface area contributed by atoms with Crippen LogP contribution in [-0.4, -0.2) is 44.2 Å². The first-order valence-corrected chi connectivity index (χ1v) is 12.3. The van der Waals surface area contributed by atoms with E-state index < -0.39 is 0 Å². The first-order valence-electron chi connectivity index (χ1n) is 12.3. The van der Waals surface area contributed by atoms with Crippen LogP contribution in [0.3, 0.4) is 0 Å². The number of benzene rings is 3. The molecule has 1 aliphatic heterocycles. The van der Waals surface area contributed by atoms with Crippen molar-refractivity contribution in [1.29, 1.82) is 0 Å². The predicted octanol–water partition coefficient (Wildman–Crippen LogP) is 5.31. The largest absolute Gasteiger partial charge is 0.493 e. The van der Waals surface area contributed by atoms with Gasteiger partial charge in [0.15, 0.2) is 11.5 Å². The van der Waals surface area contributed by atoms with Crippen LogP contribution in [0.5, 0.6) is 11.5 Å². The van der Waals surface area contributed by atoms with Gasteiger partial charge >= 0.3 is 0 Å². The van der Waals surface area contributed by atoms with E-state index in [0.717, 1.165) is 48.1 Å². The maximum atomic E-state index is 14.0. The molecule has 1 fully saturated rings. The van der Waals surface area contributed by atoms with Crippen LogP contribution in [0, 0.1) is 0 Å². The molecule has 0 radical (unpaired) electrons. The summed E-state index contributed by atoms with van der Waals surface area (Å²) in [6.07, 6.45) is 2.95. The highest BCUT2D eigenvalue weighted by Crippen LogP contribution is 2.35. The maximum absolute atomic E-state index is 14.0. The van der Waals surface area contributed by atoms with E-state index in [9.17, 15) is 4.79 Å². The summed E-state index contributed by atoms with van der Waals surface area (Å²) in [6.45, 7) is 2.03. The summed E-state index contributed by atoms with van der Waals surface area (Å²) in [6, 6.07) is 25.2. The molecule has 1 amide bonds. The molecule has 0 saturated heterocycles. The van der Waals surface area contributed by atoms with E-state index in [-0.39, 0.29) is 5.91 Å². The summed E-state index contributed by atoms with van der Waals surface area (Å²) in [4.78, 5) is 16.0. The predicted molar refractivity (Wildman–Crippen MR) is 139 cm³/mol. The summed E-state index contributed by atoms with van der Waals surface area (Å²) in [5.41, 5.74) is 6.58. The Bertz CT molecular complexity index is 1230. The second-order valence-corrected chi connectivity index (χ2v) is 9.18. The van der Waals surface area contributed by atoms with Crippen LogP contribution >= 0.6 is 0 Å². The van der Waals surface area contributed by atoms with E-state index in [1.54, 1.807) is 14.2 Å². The van der Waals surface area contributed by atoms with Crippen LogP contribution in [0.4, 0.5) is 0 Å². The number of methoxy groups -OCH3 is 2. The molecule has 1 N–H and O–H groups in total. The monoisotopic (exact) mass is 468 g/mol. The lowest BCUT2D eigenvalue weighted by Gasteiger charge is -2.28. The quantitative estimate of drug-likeness (QED) is 0.487. The van der Waals surface area contributed by atoms with Crippen molar-refractivity contribution in [2.75, 3.05) is 27.3 Å². The Morgan fingerprint density at radius 3 is 2.37 bits per heavy atom. The lowest BCUT2D eigenvalue weighted by molar-refractivity contribution is -0.128. The number of hydrogen-bond acceptors (Lipinski definition) is 4. The van der Waals surface area contributed by atoms with Crippen molar-refractivity contribution in [2.45, 2.75) is 31.8 Å². The van der Waals surface area contributed by atoms with Gasteiger partial charge in [-0.3, -0.25) is 4.79 Å². The standard InChI is InChI=1S/C30H32N2O3/c1-34-28-14-11-21(17-29(28)35-2)20-32(25-12-13-25)30(33)27-19-31-16-15-26(27)24-10-6-9-23(18-24)22-7-4-3-5-8-22/h3-11,14,17-18,25,31H,12-13,15-16,19-20H2,1-2H3. The van der Waals surface area contributed by atoms with Crippen LogP contribution in [0.25, 0.3) is 16.7 Å². The number of rotatable bonds is 8. The molecule has 35 heavy (non-hydrogen) atoms. The van der Waals surface area contributed by atoms with Crippen LogP contribution in [-0.2, 0) is 11.3 Å². The number of nitrogens with one attached hydrogen (secondary N) is 1. The van der Waals surface area contributed by atoms with Crippen molar-refractivity contribution in [2.24, 2.45) is 0 Å². The Kier molecular flexibility index (Phi) is 6.87. The molecule has 0 spiro atoms. The smallest absolute Gasteiger partial charge is 0.251 e. The summed E-state index contributed by atoms with van der Waals surface area (Å²) < 4.78 is 10.9. The fourth-order valence-corrected chi connectivity index (χ4v) is 4.83. The number of hydrogen-bond donors (Lipinski definition) is 1. The van der Waals surface area contributed by atoms with Gasteiger partial charge in [-0.2, -0.15) is 0 Å². The van der Waals surface area contributed by atoms with Gasteiger partial charge in [0, 0.05) is 24.7 Å². The van der Waals surface area contributed by atoms with Gasteiger partial charge in [-0.05, 0) is 71.8 Å². The SMILES string of the molecule is COc1ccc(CN(C(=O)C2=C(c3cccc(-c4ccccc4)c3)CCNC2)C2CC2)cc1OC. The zero-order chi connectivity index (χ0) is 24.2. The molecule has 0 aromatic heterocycles. The maximum Gasteiger partial charge on any atom is 0.251 e. The molecule has 5 heteroatoms. The third kappa shape index (κ3) is 5.10. The molecule has 3 aromatic carbocycles. The number of ether oxygens (including phenoxy) is 2. The molecule has 0 atom stereocenters. The van der Waals surface area contributed by atoms with Gasteiger partial charge in [0.05, 0.1) is 14.2 Å². The Morgan fingerprint density at radius 2 is 1.63 bits per heavy atom. The highest BCUT2D eigenvalue weighted by atomic mass is 16.5. The minimum Gasteiger partial charge on any atom is -0.493 e. The molecule has 0 bridgehead atoms. The van der Waals surface area contributed by atoms with Gasteiger partial charge in [-0.15, -0.1) is 0 Å². The van der Waals surface area contributed by atoms with Crippen molar-refractivity contribution >= 4 is 11.5 Å². The molecule has 1 aliphatic carbocycles. The first kappa shape index (κ1) is 23.2. The molecule has 5 rings (SSSR count). The van der Waals surface area contributed by atoms with E-state index in [4.69, 9.17) is 9.47 Å². The molecule has 1 saturated carbocycles. The van der Waals surface area contributed by atoms with E-state index >= 15 is 0 Å². The van der Waals surface area contributed by atoms with E-state index in [1.165, 1.54) is 11.1 Å². The van der Waals surface area contributed by atoms with Crippen LogP contribution in [0.2, 0.25) is 0 Å². The average molecular weight is 469 g/mol. The van der Waals surface area contributed by atoms with Crippen molar-refractivity contribution in [3.8, 4) is 22.6 Å². The summed E-state index contributed by atoms with van der Waals surface area (Å²) in [5.74, 6) is 1.51. The molecule has 0 unspecified atom stereocenters. The fraction of sp³-hybridized carbons (Fsp3) is 0.300. The van der Waals surface area contributed by atoms with Gasteiger partial charge < -0.3 is 19.7 Å². The third-order valence-electron chi connectivity index (χ3n) is 6.84. The third-order valence-corrected chi connectivity index (χ3v) is 6.84. The molecule has 1 heterocycles. The Hall–Kier alpha value is -3.57. The second kappa shape index (κ2) is 10.4. The zero-order valence-electron chi connectivity index (χ0n) is 20.4. The van der Waals surface area contributed by atoms with Crippen molar-refractivity contribution in [3.05, 3.63) is 89.5 Å². The Labute approximate surface area is 207 Å². The van der Waals surface area contributed by atoms with Gasteiger partial charge in [-0.25, -0.2) is 0 Å². The highest BCUT2D eigenvalue weighted by molar-refractivity contribution is 6.02. The van der Waals surface area contributed by atoms with Crippen LogP contribution in [0.1, 0.15) is 30.4 Å². The fourth-order valence-electron chi connectivity index (χ4n) is 4.83. The molecule has 3 aromatic rings. The first-order chi connectivity index (χ1) is 17.2. The minimum absolute atomic E-state index is 0.134. The van der Waals surface area contributed by atoms with Crippen molar-refractivity contribution in [1.82, 2.24) is 10.2 Å². The molecular formula is C30H32N2O3. The van der Waals surface area contributed by atoms with Gasteiger partial charge in [0.25, 0.3) is 5.91 Å². The van der Waals surface area contributed by atoms with E-state index in [0.29, 0.717) is 30.6 Å². The average Bonchev–Trinajstić information content (AvgIpc) is 3.77. The summed E-state index contributed by atoms with van der Waals surface area (Å²) >= 11 is 0. The van der Waals surface area contributed by atoms with Crippen LogP contribution in [0.15, 0.2) is 78.4 Å². The van der Waals surface area contributed by atoms with E-state index in [1.807, 2.05) is 29.2 Å². The van der Waals surface area contributed by atoms with Gasteiger partial charge in [-0.1, -0.05) is 54.6 Å². The molecule has 5 nitrogen and oxygen atoms in total. The van der Waals surface area contributed by atoms with E-state index in [2.05, 4.69) is 53.8 Å². The highest BCUT2D eigenvalue weighted by Gasteiger charge is 2.35. The normalized spacial score (nSPS) is 15.6. The number of carbonyl (C=O) groups is 1. The van der Waals surface area contributed by atoms with Crippen molar-refractivity contribution in [3.63, 3.8) is 0 Å². The van der Waals surface area contributed by atoms with Gasteiger partial charge in [0.1, 0.15) is 0 Å². The molecule has 2 aliphatic rings. The summed E-state index contributed by atoms with van der Waals surface area (Å²) in [5, 5.41) is 3.43. The second-order valence-electron chi connectivity index (χ2n) is 9.18. The molecule has 180 valence electrons. The lowest BCUT2D eigenvalue weighted by atomic mass is 9.91. The minimum atomic E-state index is 0.134. The zero-order valence-corrected chi connectivity index (χ0v) is 20.4. The number of carbonyl (C=O) groups excluding carboxylic acids is 1. The number of amides is 1. The summed E-state index contributed by atoms with van der Waals surface area (Å²) in [7, 11) is 3.27.